The van der Waals surface area contributed by atoms with Crippen LogP contribution in [0.25, 0.3) is 0 Å². The number of nitrogens with one attached hydrogen (secondary N) is 1. The topological polar surface area (TPSA) is 49.4 Å². The Balaban J connectivity index is 2.05. The summed E-state index contributed by atoms with van der Waals surface area (Å²) in [5, 5.41) is 2.84. The number of hydrogen-bond acceptors (Lipinski definition) is 2. The molecule has 1 aliphatic heterocycles. The molecule has 2 unspecified atom stereocenters. The highest BCUT2D eigenvalue weighted by atomic mass is 19.1. The summed E-state index contributed by atoms with van der Waals surface area (Å²) in [6.07, 6.45) is 1.33. The first kappa shape index (κ1) is 14.5. The molecule has 0 aliphatic carbocycles. The van der Waals surface area contributed by atoms with Gasteiger partial charge in [-0.2, -0.15) is 0 Å². The fourth-order valence-electron chi connectivity index (χ4n) is 2.25. The molecule has 1 aliphatic rings. The van der Waals surface area contributed by atoms with E-state index in [1.807, 2.05) is 13.8 Å². The van der Waals surface area contributed by atoms with Gasteiger partial charge in [-0.15, -0.1) is 0 Å². The molecule has 0 bridgehead atoms. The van der Waals surface area contributed by atoms with Crippen LogP contribution in [-0.4, -0.2) is 24.4 Å². The van der Waals surface area contributed by atoms with Crippen LogP contribution in [-0.2, 0) is 9.59 Å². The highest BCUT2D eigenvalue weighted by molar-refractivity contribution is 6.09. The minimum atomic E-state index is -0.631. The number of rotatable bonds is 4. The standard InChI is InChI=1S/C15H19FN2O2/c1-3-10(2)17-14(19)13-8-9-18(15(13)20)12-6-4-11(16)5-7-12/h4-7,10,13H,3,8-9H2,1-2H3,(H,17,19). The number of carbonyl (C=O) groups excluding carboxylic acids is 2. The van der Waals surface area contributed by atoms with Gasteiger partial charge in [-0.05, 0) is 44.0 Å². The molecule has 2 amide bonds. The van der Waals surface area contributed by atoms with E-state index in [0.717, 1.165) is 6.42 Å². The van der Waals surface area contributed by atoms with Gasteiger partial charge in [0.05, 0.1) is 0 Å². The molecule has 4 nitrogen and oxygen atoms in total. The second-order valence-corrected chi connectivity index (χ2v) is 5.13. The van der Waals surface area contributed by atoms with Crippen molar-refractivity contribution in [2.45, 2.75) is 32.7 Å². The van der Waals surface area contributed by atoms with Crippen LogP contribution < -0.4 is 10.2 Å². The lowest BCUT2D eigenvalue weighted by molar-refractivity contribution is -0.132. The number of benzene rings is 1. The number of anilines is 1. The molecule has 0 radical (unpaired) electrons. The maximum absolute atomic E-state index is 12.9. The van der Waals surface area contributed by atoms with E-state index in [4.69, 9.17) is 0 Å². The molecule has 108 valence electrons. The lowest BCUT2D eigenvalue weighted by Gasteiger charge is -2.18. The largest absolute Gasteiger partial charge is 0.353 e. The zero-order valence-corrected chi connectivity index (χ0v) is 11.7. The third-order valence-corrected chi connectivity index (χ3v) is 3.66. The maximum Gasteiger partial charge on any atom is 0.239 e. The minimum Gasteiger partial charge on any atom is -0.353 e. The van der Waals surface area contributed by atoms with Crippen molar-refractivity contribution in [1.29, 1.82) is 0 Å². The molecular weight excluding hydrogens is 259 g/mol. The van der Waals surface area contributed by atoms with Gasteiger partial charge in [0, 0.05) is 18.3 Å². The molecule has 1 heterocycles. The Bertz CT molecular complexity index is 501. The average Bonchev–Trinajstić information content (AvgIpc) is 2.81. The summed E-state index contributed by atoms with van der Waals surface area (Å²) in [6.45, 7) is 4.38. The Morgan fingerprint density at radius 1 is 1.45 bits per heavy atom. The second-order valence-electron chi connectivity index (χ2n) is 5.13. The quantitative estimate of drug-likeness (QED) is 0.857. The first-order valence-electron chi connectivity index (χ1n) is 6.90. The van der Waals surface area contributed by atoms with Gasteiger partial charge < -0.3 is 10.2 Å². The second kappa shape index (κ2) is 6.03. The molecule has 1 aromatic carbocycles. The SMILES string of the molecule is CCC(C)NC(=O)C1CCN(c2ccc(F)cc2)C1=O. The van der Waals surface area contributed by atoms with E-state index < -0.39 is 5.92 Å². The molecule has 5 heteroatoms. The van der Waals surface area contributed by atoms with E-state index in [1.54, 1.807) is 17.0 Å². The van der Waals surface area contributed by atoms with Gasteiger partial charge in [0.15, 0.2) is 0 Å². The van der Waals surface area contributed by atoms with Crippen molar-refractivity contribution in [2.75, 3.05) is 11.4 Å². The van der Waals surface area contributed by atoms with Crippen LogP contribution in [0, 0.1) is 11.7 Å². The van der Waals surface area contributed by atoms with Gasteiger partial charge >= 0.3 is 0 Å². The summed E-state index contributed by atoms with van der Waals surface area (Å²) in [4.78, 5) is 25.9. The highest BCUT2D eigenvalue weighted by Crippen LogP contribution is 2.25. The average molecular weight is 278 g/mol. The van der Waals surface area contributed by atoms with Crippen molar-refractivity contribution in [3.05, 3.63) is 30.1 Å². The molecule has 2 rings (SSSR count). The Labute approximate surface area is 118 Å². The predicted molar refractivity (Wildman–Crippen MR) is 74.8 cm³/mol. The lowest BCUT2D eigenvalue weighted by Crippen LogP contribution is -2.40. The molecule has 1 saturated heterocycles. The molecule has 0 aromatic heterocycles. The molecule has 0 saturated carbocycles. The van der Waals surface area contributed by atoms with Gasteiger partial charge in [-0.25, -0.2) is 4.39 Å². The molecular formula is C15H19FN2O2. The maximum atomic E-state index is 12.9. The predicted octanol–water partition coefficient (Wildman–Crippen LogP) is 2.09. The van der Waals surface area contributed by atoms with E-state index >= 15 is 0 Å². The molecule has 2 atom stereocenters. The van der Waals surface area contributed by atoms with Gasteiger partial charge in [-0.3, -0.25) is 9.59 Å². The van der Waals surface area contributed by atoms with Crippen molar-refractivity contribution in [2.24, 2.45) is 5.92 Å². The van der Waals surface area contributed by atoms with Crippen molar-refractivity contribution >= 4 is 17.5 Å². The number of amides is 2. The summed E-state index contributed by atoms with van der Waals surface area (Å²) in [5.41, 5.74) is 0.634. The summed E-state index contributed by atoms with van der Waals surface area (Å²) in [5.74, 6) is -1.40. The van der Waals surface area contributed by atoms with Gasteiger partial charge in [0.25, 0.3) is 0 Å². The van der Waals surface area contributed by atoms with Crippen molar-refractivity contribution in [1.82, 2.24) is 5.32 Å². The van der Waals surface area contributed by atoms with Crippen molar-refractivity contribution in [3.63, 3.8) is 0 Å². The normalized spacial score (nSPS) is 20.1. The van der Waals surface area contributed by atoms with Gasteiger partial charge in [0.1, 0.15) is 11.7 Å². The Hall–Kier alpha value is -1.91. The summed E-state index contributed by atoms with van der Waals surface area (Å²) in [6, 6.07) is 5.81. The fourth-order valence-corrected chi connectivity index (χ4v) is 2.25. The molecule has 20 heavy (non-hydrogen) atoms. The monoisotopic (exact) mass is 278 g/mol. The van der Waals surface area contributed by atoms with E-state index in [2.05, 4.69) is 5.32 Å². The van der Waals surface area contributed by atoms with Crippen LogP contribution in [0.2, 0.25) is 0 Å². The molecule has 1 aromatic rings. The zero-order valence-electron chi connectivity index (χ0n) is 11.7. The first-order valence-corrected chi connectivity index (χ1v) is 6.90. The van der Waals surface area contributed by atoms with E-state index in [1.165, 1.54) is 12.1 Å². The number of nitrogens with zero attached hydrogens (tertiary/aromatic N) is 1. The molecule has 0 spiro atoms. The van der Waals surface area contributed by atoms with Crippen LogP contribution in [0.4, 0.5) is 10.1 Å². The fraction of sp³-hybridized carbons (Fsp3) is 0.467. The third kappa shape index (κ3) is 2.98. The zero-order chi connectivity index (χ0) is 14.7. The smallest absolute Gasteiger partial charge is 0.239 e. The van der Waals surface area contributed by atoms with Gasteiger partial charge in [-0.1, -0.05) is 6.92 Å². The number of hydrogen-bond donors (Lipinski definition) is 1. The highest BCUT2D eigenvalue weighted by Gasteiger charge is 2.37. The van der Waals surface area contributed by atoms with Crippen LogP contribution in [0.1, 0.15) is 26.7 Å². The molecule has 1 fully saturated rings. The Morgan fingerprint density at radius 2 is 2.10 bits per heavy atom. The lowest BCUT2D eigenvalue weighted by atomic mass is 10.1. The number of halogens is 1. The Kier molecular flexibility index (Phi) is 4.37. The van der Waals surface area contributed by atoms with Crippen LogP contribution in [0.15, 0.2) is 24.3 Å². The number of carbonyl (C=O) groups is 2. The summed E-state index contributed by atoms with van der Waals surface area (Å²) >= 11 is 0. The van der Waals surface area contributed by atoms with Crippen molar-refractivity contribution in [3.8, 4) is 0 Å². The van der Waals surface area contributed by atoms with Crippen LogP contribution in [0.3, 0.4) is 0 Å². The van der Waals surface area contributed by atoms with E-state index in [-0.39, 0.29) is 23.7 Å². The first-order chi connectivity index (χ1) is 9.52. The van der Waals surface area contributed by atoms with E-state index in [9.17, 15) is 14.0 Å². The van der Waals surface area contributed by atoms with E-state index in [0.29, 0.717) is 18.7 Å². The molecule has 1 N–H and O–H groups in total. The van der Waals surface area contributed by atoms with Crippen LogP contribution in [0.5, 0.6) is 0 Å². The summed E-state index contributed by atoms with van der Waals surface area (Å²) < 4.78 is 12.9. The Morgan fingerprint density at radius 3 is 2.70 bits per heavy atom. The minimum absolute atomic E-state index is 0.0650. The van der Waals surface area contributed by atoms with Crippen molar-refractivity contribution < 1.29 is 14.0 Å². The third-order valence-electron chi connectivity index (χ3n) is 3.66. The van der Waals surface area contributed by atoms with Crippen LogP contribution >= 0.6 is 0 Å². The summed E-state index contributed by atoms with van der Waals surface area (Å²) in [7, 11) is 0. The van der Waals surface area contributed by atoms with Gasteiger partial charge in [0.2, 0.25) is 11.8 Å².